The molecule has 1 N–H and O–H groups in total. The number of hydrogen-bond donors (Lipinski definition) is 1. The largest absolute Gasteiger partial charge is 0.497 e. The normalized spacial score (nSPS) is 11.3. The Labute approximate surface area is 109 Å². The molecular formula is C14H23NO3. The molecule has 0 aliphatic carbocycles. The van der Waals surface area contributed by atoms with E-state index in [0.717, 1.165) is 22.7 Å². The first-order valence-electron chi connectivity index (χ1n) is 5.94. The minimum absolute atomic E-state index is 0.0676. The smallest absolute Gasteiger partial charge is 0.146 e. The molecule has 0 saturated carbocycles. The molecule has 0 bridgehead atoms. The molecule has 0 amide bonds. The van der Waals surface area contributed by atoms with Crippen LogP contribution >= 0.6 is 0 Å². The van der Waals surface area contributed by atoms with Gasteiger partial charge in [0.15, 0.2) is 0 Å². The van der Waals surface area contributed by atoms with Crippen molar-refractivity contribution in [2.75, 3.05) is 32.8 Å². The SMILES string of the molecule is COc1cc(C)c(N(C)C(C)(C)CO)c(OC)c1. The summed E-state index contributed by atoms with van der Waals surface area (Å²) < 4.78 is 10.7. The topological polar surface area (TPSA) is 41.9 Å². The highest BCUT2D eigenvalue weighted by Gasteiger charge is 2.26. The minimum atomic E-state index is -0.355. The lowest BCUT2D eigenvalue weighted by Crippen LogP contribution is -2.44. The van der Waals surface area contributed by atoms with E-state index in [2.05, 4.69) is 0 Å². The third kappa shape index (κ3) is 2.70. The first-order valence-corrected chi connectivity index (χ1v) is 5.94. The molecule has 0 fully saturated rings. The van der Waals surface area contributed by atoms with Gasteiger partial charge < -0.3 is 19.5 Å². The minimum Gasteiger partial charge on any atom is -0.497 e. The van der Waals surface area contributed by atoms with E-state index in [1.807, 2.05) is 44.9 Å². The maximum atomic E-state index is 9.47. The second-order valence-electron chi connectivity index (χ2n) is 5.02. The molecule has 0 saturated heterocycles. The van der Waals surface area contributed by atoms with Crippen molar-refractivity contribution >= 4 is 5.69 Å². The van der Waals surface area contributed by atoms with Gasteiger partial charge in [0, 0.05) is 13.1 Å². The van der Waals surface area contributed by atoms with Crippen molar-refractivity contribution in [3.8, 4) is 11.5 Å². The summed E-state index contributed by atoms with van der Waals surface area (Å²) in [6.45, 7) is 6.04. The van der Waals surface area contributed by atoms with E-state index in [9.17, 15) is 5.11 Å². The molecule has 0 unspecified atom stereocenters. The number of methoxy groups -OCH3 is 2. The van der Waals surface area contributed by atoms with E-state index in [1.165, 1.54) is 0 Å². The van der Waals surface area contributed by atoms with Crippen molar-refractivity contribution in [1.82, 2.24) is 0 Å². The summed E-state index contributed by atoms with van der Waals surface area (Å²) in [6.07, 6.45) is 0. The van der Waals surface area contributed by atoms with Gasteiger partial charge in [-0.2, -0.15) is 0 Å². The summed E-state index contributed by atoms with van der Waals surface area (Å²) in [6, 6.07) is 3.81. The Kier molecular flexibility index (Phi) is 4.46. The zero-order chi connectivity index (χ0) is 13.9. The van der Waals surface area contributed by atoms with E-state index < -0.39 is 0 Å². The monoisotopic (exact) mass is 253 g/mol. The highest BCUT2D eigenvalue weighted by Crippen LogP contribution is 2.38. The van der Waals surface area contributed by atoms with Gasteiger partial charge in [-0.1, -0.05) is 0 Å². The second kappa shape index (κ2) is 5.48. The molecule has 0 aromatic heterocycles. The van der Waals surface area contributed by atoms with Crippen molar-refractivity contribution in [2.45, 2.75) is 26.3 Å². The van der Waals surface area contributed by atoms with Crippen LogP contribution in [0.4, 0.5) is 5.69 Å². The van der Waals surface area contributed by atoms with Crippen molar-refractivity contribution in [1.29, 1.82) is 0 Å². The van der Waals surface area contributed by atoms with Gasteiger partial charge >= 0.3 is 0 Å². The molecule has 1 aromatic rings. The summed E-state index contributed by atoms with van der Waals surface area (Å²) in [5, 5.41) is 9.47. The molecule has 0 aliphatic heterocycles. The molecule has 0 radical (unpaired) electrons. The number of rotatable bonds is 5. The fourth-order valence-corrected chi connectivity index (χ4v) is 1.83. The van der Waals surface area contributed by atoms with Crippen LogP contribution in [0.3, 0.4) is 0 Å². The van der Waals surface area contributed by atoms with E-state index in [1.54, 1.807) is 14.2 Å². The molecular weight excluding hydrogens is 230 g/mol. The summed E-state index contributed by atoms with van der Waals surface area (Å²) in [7, 11) is 5.22. The van der Waals surface area contributed by atoms with Crippen molar-refractivity contribution in [3.05, 3.63) is 17.7 Å². The molecule has 0 atom stereocenters. The standard InChI is InChI=1S/C14H23NO3/c1-10-7-11(17-5)8-12(18-6)13(10)15(4)14(2,3)9-16/h7-8,16H,9H2,1-6H3. The maximum Gasteiger partial charge on any atom is 0.146 e. The Morgan fingerprint density at radius 2 is 1.83 bits per heavy atom. The average Bonchev–Trinajstić information content (AvgIpc) is 2.36. The zero-order valence-electron chi connectivity index (χ0n) is 12.1. The molecule has 18 heavy (non-hydrogen) atoms. The van der Waals surface area contributed by atoms with E-state index in [0.29, 0.717) is 0 Å². The van der Waals surface area contributed by atoms with Crippen molar-refractivity contribution < 1.29 is 14.6 Å². The lowest BCUT2D eigenvalue weighted by Gasteiger charge is -2.37. The first kappa shape index (κ1) is 14.6. The summed E-state index contributed by atoms with van der Waals surface area (Å²) in [5.74, 6) is 1.51. The number of anilines is 1. The molecule has 102 valence electrons. The highest BCUT2D eigenvalue weighted by molar-refractivity contribution is 5.67. The van der Waals surface area contributed by atoms with Crippen LogP contribution in [0.5, 0.6) is 11.5 Å². The summed E-state index contributed by atoms with van der Waals surface area (Å²) >= 11 is 0. The van der Waals surface area contributed by atoms with Crippen molar-refractivity contribution in [3.63, 3.8) is 0 Å². The van der Waals surface area contributed by atoms with Gasteiger partial charge in [-0.25, -0.2) is 0 Å². The van der Waals surface area contributed by atoms with Crippen LogP contribution in [0, 0.1) is 6.92 Å². The summed E-state index contributed by atoms with van der Waals surface area (Å²) in [5.41, 5.74) is 1.67. The maximum absolute atomic E-state index is 9.47. The third-order valence-corrected chi connectivity index (χ3v) is 3.32. The predicted octanol–water partition coefficient (Wildman–Crippen LogP) is 2.22. The van der Waals surface area contributed by atoms with Crippen LogP contribution in [0.1, 0.15) is 19.4 Å². The number of ether oxygens (including phenoxy) is 2. The molecule has 0 spiro atoms. The van der Waals surface area contributed by atoms with E-state index >= 15 is 0 Å². The first-order chi connectivity index (χ1) is 8.37. The van der Waals surface area contributed by atoms with Crippen LogP contribution in [-0.4, -0.2) is 38.5 Å². The van der Waals surface area contributed by atoms with Crippen LogP contribution in [0.2, 0.25) is 0 Å². The Hall–Kier alpha value is -1.42. The molecule has 1 rings (SSSR count). The number of hydrogen-bond acceptors (Lipinski definition) is 4. The van der Waals surface area contributed by atoms with Gasteiger partial charge in [-0.05, 0) is 32.4 Å². The third-order valence-electron chi connectivity index (χ3n) is 3.32. The molecule has 0 aliphatic rings. The Balaban J connectivity index is 3.31. The van der Waals surface area contributed by atoms with Crippen LogP contribution < -0.4 is 14.4 Å². The fourth-order valence-electron chi connectivity index (χ4n) is 1.83. The fraction of sp³-hybridized carbons (Fsp3) is 0.571. The number of nitrogens with zero attached hydrogens (tertiary/aromatic N) is 1. The van der Waals surface area contributed by atoms with Crippen LogP contribution in [-0.2, 0) is 0 Å². The number of likely N-dealkylation sites (N-methyl/N-ethyl adjacent to an activating group) is 1. The number of aryl methyl sites for hydroxylation is 1. The van der Waals surface area contributed by atoms with Gasteiger partial charge in [-0.3, -0.25) is 0 Å². The lowest BCUT2D eigenvalue weighted by molar-refractivity contribution is 0.215. The van der Waals surface area contributed by atoms with Crippen LogP contribution in [0.25, 0.3) is 0 Å². The molecule has 4 nitrogen and oxygen atoms in total. The van der Waals surface area contributed by atoms with Gasteiger partial charge in [0.1, 0.15) is 11.5 Å². The molecule has 0 heterocycles. The second-order valence-corrected chi connectivity index (χ2v) is 5.02. The van der Waals surface area contributed by atoms with Gasteiger partial charge in [0.05, 0.1) is 32.1 Å². The Bertz CT molecular complexity index is 416. The van der Waals surface area contributed by atoms with E-state index in [4.69, 9.17) is 9.47 Å². The van der Waals surface area contributed by atoms with Crippen LogP contribution in [0.15, 0.2) is 12.1 Å². The Morgan fingerprint density at radius 3 is 2.28 bits per heavy atom. The Morgan fingerprint density at radius 1 is 1.22 bits per heavy atom. The molecule has 1 aromatic carbocycles. The highest BCUT2D eigenvalue weighted by atomic mass is 16.5. The van der Waals surface area contributed by atoms with Gasteiger partial charge in [0.25, 0.3) is 0 Å². The zero-order valence-corrected chi connectivity index (χ0v) is 12.1. The van der Waals surface area contributed by atoms with E-state index in [-0.39, 0.29) is 12.1 Å². The van der Waals surface area contributed by atoms with Gasteiger partial charge in [0.2, 0.25) is 0 Å². The molecule has 4 heteroatoms. The predicted molar refractivity (Wildman–Crippen MR) is 73.9 cm³/mol. The van der Waals surface area contributed by atoms with Crippen molar-refractivity contribution in [2.24, 2.45) is 0 Å². The average molecular weight is 253 g/mol. The number of benzene rings is 1. The number of aliphatic hydroxyl groups is 1. The summed E-state index contributed by atoms with van der Waals surface area (Å²) in [4.78, 5) is 2.03. The number of aliphatic hydroxyl groups excluding tert-OH is 1. The lowest BCUT2D eigenvalue weighted by atomic mass is 10.0. The quantitative estimate of drug-likeness (QED) is 0.873. The van der Waals surface area contributed by atoms with Gasteiger partial charge in [-0.15, -0.1) is 0 Å².